The lowest BCUT2D eigenvalue weighted by molar-refractivity contribution is -0.147. The molecule has 5 N–H and O–H groups in total. The highest BCUT2D eigenvalue weighted by molar-refractivity contribution is 5.88. The molecule has 0 radical (unpaired) electrons. The molecule has 0 aliphatic rings. The molecule has 2 amide bonds. The number of methoxy groups -OCH3 is 1. The molecule has 0 heterocycles. The van der Waals surface area contributed by atoms with E-state index in [1.807, 2.05) is 10.6 Å². The van der Waals surface area contributed by atoms with E-state index in [-0.39, 0.29) is 6.42 Å². The number of amides is 2. The third-order valence-electron chi connectivity index (χ3n) is 2.45. The molecule has 0 aliphatic carbocycles. The summed E-state index contributed by atoms with van der Waals surface area (Å²) in [5, 5.41) is 30.0. The summed E-state index contributed by atoms with van der Waals surface area (Å²) in [5.41, 5.74) is 0. The van der Waals surface area contributed by atoms with Crippen LogP contribution < -0.4 is 10.6 Å². The van der Waals surface area contributed by atoms with Crippen LogP contribution in [-0.2, 0) is 23.9 Å². The largest absolute Gasteiger partial charge is 0.481 e. The van der Waals surface area contributed by atoms with Gasteiger partial charge in [-0.25, -0.2) is 14.4 Å². The number of carboxylic acids is 3. The quantitative estimate of drug-likeness (QED) is 0.320. The van der Waals surface area contributed by atoms with Crippen LogP contribution in [0, 0.1) is 0 Å². The van der Waals surface area contributed by atoms with Crippen molar-refractivity contribution >= 4 is 29.9 Å². The Balaban J connectivity index is 4.64. The van der Waals surface area contributed by atoms with Gasteiger partial charge in [0.2, 0.25) is 0 Å². The van der Waals surface area contributed by atoms with Gasteiger partial charge < -0.3 is 30.7 Å². The normalized spacial score (nSPS) is 12.6. The highest BCUT2D eigenvalue weighted by Crippen LogP contribution is 1.99. The summed E-state index contributed by atoms with van der Waals surface area (Å²) in [5.74, 6) is -5.12. The zero-order chi connectivity index (χ0) is 17.3. The van der Waals surface area contributed by atoms with E-state index in [9.17, 15) is 24.0 Å². The molecule has 0 aliphatic heterocycles. The van der Waals surface area contributed by atoms with Crippen LogP contribution >= 0.6 is 0 Å². The number of carbonyl (C=O) groups excluding carboxylic acids is 2. The maximum Gasteiger partial charge on any atom is 0.326 e. The van der Waals surface area contributed by atoms with Crippen LogP contribution in [0.3, 0.4) is 0 Å². The Hall–Kier alpha value is -2.85. The fourth-order valence-corrected chi connectivity index (χ4v) is 1.33. The average Bonchev–Trinajstić information content (AvgIpc) is 2.41. The summed E-state index contributed by atoms with van der Waals surface area (Å²) in [6.45, 7) is 0. The Morgan fingerprint density at radius 3 is 1.86 bits per heavy atom. The summed E-state index contributed by atoms with van der Waals surface area (Å²) in [6.07, 6.45) is -1.53. The number of carboxylic acid groups (broad SMARTS) is 3. The van der Waals surface area contributed by atoms with Gasteiger partial charge in [-0.05, 0) is 6.42 Å². The zero-order valence-corrected chi connectivity index (χ0v) is 11.6. The van der Waals surface area contributed by atoms with Crippen LogP contribution in [0.15, 0.2) is 0 Å². The van der Waals surface area contributed by atoms with Gasteiger partial charge in [0.1, 0.15) is 12.1 Å². The molecule has 11 nitrogen and oxygen atoms in total. The van der Waals surface area contributed by atoms with Gasteiger partial charge in [-0.3, -0.25) is 9.59 Å². The maximum atomic E-state index is 11.5. The first-order valence-corrected chi connectivity index (χ1v) is 5.98. The topological polar surface area (TPSA) is 179 Å². The van der Waals surface area contributed by atoms with Crippen molar-refractivity contribution in [2.45, 2.75) is 31.3 Å². The number of esters is 1. The molecule has 2 unspecified atom stereocenters. The Morgan fingerprint density at radius 2 is 1.45 bits per heavy atom. The number of hydrogen-bond acceptors (Lipinski definition) is 6. The van der Waals surface area contributed by atoms with Gasteiger partial charge in [-0.15, -0.1) is 0 Å². The molecule has 0 spiro atoms. The summed E-state index contributed by atoms with van der Waals surface area (Å²) in [6, 6.07) is -4.28. The second kappa shape index (κ2) is 9.15. The highest BCUT2D eigenvalue weighted by atomic mass is 16.5. The predicted octanol–water partition coefficient (Wildman–Crippen LogP) is -1.38. The smallest absolute Gasteiger partial charge is 0.326 e. The van der Waals surface area contributed by atoms with E-state index in [1.165, 1.54) is 0 Å². The first-order chi connectivity index (χ1) is 10.2. The predicted molar refractivity (Wildman–Crippen MR) is 68.0 cm³/mol. The minimum atomic E-state index is -1.61. The monoisotopic (exact) mass is 320 g/mol. The van der Waals surface area contributed by atoms with Crippen molar-refractivity contribution in [2.75, 3.05) is 7.11 Å². The SMILES string of the molecule is COC(=O)CC(NC(=O)NC(CCC(=O)O)C(=O)O)C(=O)O. The average molecular weight is 320 g/mol. The number of ether oxygens (including phenoxy) is 1. The lowest BCUT2D eigenvalue weighted by Crippen LogP contribution is -2.51. The highest BCUT2D eigenvalue weighted by Gasteiger charge is 2.26. The lowest BCUT2D eigenvalue weighted by Gasteiger charge is -2.17. The van der Waals surface area contributed by atoms with Crippen molar-refractivity contribution in [2.24, 2.45) is 0 Å². The molecule has 11 heteroatoms. The number of aliphatic carboxylic acids is 3. The number of rotatable bonds is 9. The fourth-order valence-electron chi connectivity index (χ4n) is 1.33. The third-order valence-corrected chi connectivity index (χ3v) is 2.45. The van der Waals surface area contributed by atoms with Gasteiger partial charge in [0, 0.05) is 6.42 Å². The van der Waals surface area contributed by atoms with Crippen molar-refractivity contribution in [1.82, 2.24) is 10.6 Å². The summed E-state index contributed by atoms with van der Waals surface area (Å²) in [4.78, 5) is 54.7. The Bertz CT molecular complexity index is 462. The van der Waals surface area contributed by atoms with Crippen molar-refractivity contribution in [3.8, 4) is 0 Å². The minimum Gasteiger partial charge on any atom is -0.481 e. The number of carbonyl (C=O) groups is 5. The Kier molecular flexibility index (Phi) is 7.97. The Labute approximate surface area is 124 Å². The second-order valence-electron chi connectivity index (χ2n) is 4.11. The first kappa shape index (κ1) is 19.1. The fraction of sp³-hybridized carbons (Fsp3) is 0.545. The van der Waals surface area contributed by atoms with E-state index >= 15 is 0 Å². The van der Waals surface area contributed by atoms with Gasteiger partial charge in [0.25, 0.3) is 0 Å². The molecular formula is C11H16N2O9. The molecule has 0 rings (SSSR count). The van der Waals surface area contributed by atoms with E-state index in [1.54, 1.807) is 0 Å². The molecule has 2 atom stereocenters. The van der Waals surface area contributed by atoms with E-state index < -0.39 is 54.8 Å². The third kappa shape index (κ3) is 7.67. The minimum absolute atomic E-state index is 0.382. The second-order valence-corrected chi connectivity index (χ2v) is 4.11. The van der Waals surface area contributed by atoms with Gasteiger partial charge in [-0.1, -0.05) is 0 Å². The molecular weight excluding hydrogens is 304 g/mol. The number of hydrogen-bond donors (Lipinski definition) is 5. The Morgan fingerprint density at radius 1 is 0.955 bits per heavy atom. The molecule has 0 bridgehead atoms. The van der Waals surface area contributed by atoms with Gasteiger partial charge in [0.05, 0.1) is 13.5 Å². The number of nitrogens with one attached hydrogen (secondary N) is 2. The summed E-state index contributed by atoms with van der Waals surface area (Å²) >= 11 is 0. The molecule has 0 aromatic carbocycles. The maximum absolute atomic E-state index is 11.5. The first-order valence-electron chi connectivity index (χ1n) is 5.98. The standard InChI is InChI=1S/C11H16N2O9/c1-22-8(16)4-6(10(19)20)13-11(21)12-5(9(17)18)2-3-7(14)15/h5-6H,2-4H2,1H3,(H,14,15)(H,17,18)(H,19,20)(H2,12,13,21). The van der Waals surface area contributed by atoms with Crippen molar-refractivity contribution < 1.29 is 44.0 Å². The van der Waals surface area contributed by atoms with Gasteiger partial charge in [0.15, 0.2) is 0 Å². The van der Waals surface area contributed by atoms with E-state index in [4.69, 9.17) is 15.3 Å². The lowest BCUT2D eigenvalue weighted by atomic mass is 10.1. The summed E-state index contributed by atoms with van der Waals surface area (Å²) in [7, 11) is 1.04. The molecule has 0 saturated heterocycles. The van der Waals surface area contributed by atoms with Gasteiger partial charge in [-0.2, -0.15) is 0 Å². The summed E-state index contributed by atoms with van der Waals surface area (Å²) < 4.78 is 4.26. The molecule has 124 valence electrons. The molecule has 0 fully saturated rings. The van der Waals surface area contributed by atoms with Gasteiger partial charge >= 0.3 is 29.9 Å². The van der Waals surface area contributed by atoms with Crippen molar-refractivity contribution in [3.05, 3.63) is 0 Å². The van der Waals surface area contributed by atoms with Crippen LogP contribution in [0.25, 0.3) is 0 Å². The van der Waals surface area contributed by atoms with Crippen LogP contribution in [0.2, 0.25) is 0 Å². The van der Waals surface area contributed by atoms with E-state index in [0.29, 0.717) is 0 Å². The van der Waals surface area contributed by atoms with Crippen LogP contribution in [0.4, 0.5) is 4.79 Å². The van der Waals surface area contributed by atoms with Crippen LogP contribution in [0.5, 0.6) is 0 Å². The molecule has 0 saturated carbocycles. The molecule has 22 heavy (non-hydrogen) atoms. The van der Waals surface area contributed by atoms with Crippen LogP contribution in [0.1, 0.15) is 19.3 Å². The van der Waals surface area contributed by atoms with E-state index in [2.05, 4.69) is 4.74 Å². The van der Waals surface area contributed by atoms with Crippen molar-refractivity contribution in [1.29, 1.82) is 0 Å². The molecule has 0 aromatic rings. The number of urea groups is 1. The molecule has 0 aromatic heterocycles. The van der Waals surface area contributed by atoms with Crippen LogP contribution in [-0.4, -0.2) is 64.4 Å². The van der Waals surface area contributed by atoms with E-state index in [0.717, 1.165) is 7.11 Å². The van der Waals surface area contributed by atoms with Crippen molar-refractivity contribution in [3.63, 3.8) is 0 Å². The zero-order valence-electron chi connectivity index (χ0n) is 11.6.